The van der Waals surface area contributed by atoms with Crippen molar-refractivity contribution in [2.45, 2.75) is 18.7 Å². The molecule has 2 aromatic rings. The molecular weight excluding hydrogens is 374 g/mol. The highest BCUT2D eigenvalue weighted by Crippen LogP contribution is 2.27. The van der Waals surface area contributed by atoms with E-state index in [-0.39, 0.29) is 34.2 Å². The van der Waals surface area contributed by atoms with Crippen LogP contribution in [0.25, 0.3) is 0 Å². The summed E-state index contributed by atoms with van der Waals surface area (Å²) >= 11 is 0. The molecule has 0 fully saturated rings. The van der Waals surface area contributed by atoms with E-state index >= 15 is 0 Å². The maximum absolute atomic E-state index is 12.5. The second kappa shape index (κ2) is 8.14. The molecule has 0 saturated heterocycles. The standard InChI is InChI=1S/C17H19N3O6S/c1-4-26-17(22)12-6-7-13(19-10(12)2)16(21)20-14-9-11(27(18,23)24)5-8-15(14)25-3/h5-9H,4H2,1-3H3,(H,20,21)(H2,18,23,24). The van der Waals surface area contributed by atoms with Crippen molar-refractivity contribution in [1.82, 2.24) is 4.98 Å². The van der Waals surface area contributed by atoms with Crippen molar-refractivity contribution < 1.29 is 27.5 Å². The number of hydrogen-bond donors (Lipinski definition) is 2. The van der Waals surface area contributed by atoms with E-state index in [1.165, 1.54) is 37.4 Å². The fourth-order valence-electron chi connectivity index (χ4n) is 2.26. The van der Waals surface area contributed by atoms with Gasteiger partial charge in [-0.2, -0.15) is 0 Å². The van der Waals surface area contributed by atoms with Gasteiger partial charge in [0.15, 0.2) is 0 Å². The van der Waals surface area contributed by atoms with Crippen molar-refractivity contribution in [3.63, 3.8) is 0 Å². The third kappa shape index (κ3) is 4.80. The van der Waals surface area contributed by atoms with Gasteiger partial charge in [0, 0.05) is 0 Å². The number of rotatable bonds is 6. The number of nitrogens with two attached hydrogens (primary N) is 1. The number of sulfonamides is 1. The van der Waals surface area contributed by atoms with Gasteiger partial charge in [0.25, 0.3) is 5.91 Å². The lowest BCUT2D eigenvalue weighted by molar-refractivity contribution is 0.0524. The second-order valence-corrected chi connectivity index (χ2v) is 6.97. The lowest BCUT2D eigenvalue weighted by Crippen LogP contribution is -2.17. The van der Waals surface area contributed by atoms with Crippen LogP contribution in [-0.2, 0) is 14.8 Å². The summed E-state index contributed by atoms with van der Waals surface area (Å²) < 4.78 is 33.1. The highest BCUT2D eigenvalue weighted by Gasteiger charge is 2.18. The summed E-state index contributed by atoms with van der Waals surface area (Å²) in [4.78, 5) is 28.2. The maximum atomic E-state index is 12.5. The Morgan fingerprint density at radius 1 is 1.22 bits per heavy atom. The molecule has 0 radical (unpaired) electrons. The second-order valence-electron chi connectivity index (χ2n) is 5.41. The molecule has 1 heterocycles. The maximum Gasteiger partial charge on any atom is 0.339 e. The number of benzene rings is 1. The first-order valence-electron chi connectivity index (χ1n) is 7.84. The van der Waals surface area contributed by atoms with E-state index in [0.29, 0.717) is 5.69 Å². The highest BCUT2D eigenvalue weighted by atomic mass is 32.2. The summed E-state index contributed by atoms with van der Waals surface area (Å²) in [6, 6.07) is 6.63. The van der Waals surface area contributed by atoms with Crippen LogP contribution in [0.1, 0.15) is 33.5 Å². The first-order chi connectivity index (χ1) is 12.7. The molecule has 0 aliphatic heterocycles. The van der Waals surface area contributed by atoms with E-state index in [0.717, 1.165) is 0 Å². The predicted octanol–water partition coefficient (Wildman–Crippen LogP) is 1.48. The highest BCUT2D eigenvalue weighted by molar-refractivity contribution is 7.89. The number of primary sulfonamides is 1. The normalized spacial score (nSPS) is 11.0. The zero-order valence-electron chi connectivity index (χ0n) is 15.0. The van der Waals surface area contributed by atoms with Crippen molar-refractivity contribution in [3.8, 4) is 5.75 Å². The van der Waals surface area contributed by atoms with E-state index in [4.69, 9.17) is 14.6 Å². The molecule has 9 nitrogen and oxygen atoms in total. The molecule has 1 aromatic carbocycles. The molecular formula is C17H19N3O6S. The van der Waals surface area contributed by atoms with E-state index in [9.17, 15) is 18.0 Å². The molecule has 2 rings (SSSR count). The number of esters is 1. The number of carbonyl (C=O) groups is 2. The summed E-state index contributed by atoms with van der Waals surface area (Å²) in [5.74, 6) is -0.897. The topological polar surface area (TPSA) is 138 Å². The molecule has 10 heteroatoms. The molecule has 3 N–H and O–H groups in total. The lowest BCUT2D eigenvalue weighted by atomic mass is 10.2. The summed E-state index contributed by atoms with van der Waals surface area (Å²) in [7, 11) is -2.58. The zero-order valence-corrected chi connectivity index (χ0v) is 15.8. The van der Waals surface area contributed by atoms with Crippen LogP contribution in [0.5, 0.6) is 5.75 Å². The first-order valence-corrected chi connectivity index (χ1v) is 9.39. The minimum Gasteiger partial charge on any atom is -0.495 e. The SMILES string of the molecule is CCOC(=O)c1ccc(C(=O)Nc2cc(S(N)(=O)=O)ccc2OC)nc1C. The number of aromatic nitrogens is 1. The number of carbonyl (C=O) groups excluding carboxylic acids is 2. The summed E-state index contributed by atoms with van der Waals surface area (Å²) in [6.45, 7) is 3.48. The number of ether oxygens (including phenoxy) is 2. The number of anilines is 1. The Bertz CT molecular complexity index is 988. The van der Waals surface area contributed by atoms with E-state index in [1.807, 2.05) is 0 Å². The first kappa shape index (κ1) is 20.3. The molecule has 0 unspecified atom stereocenters. The van der Waals surface area contributed by atoms with Crippen molar-refractivity contribution >= 4 is 27.6 Å². The minimum absolute atomic E-state index is 0.0311. The van der Waals surface area contributed by atoms with Gasteiger partial charge in [-0.25, -0.2) is 23.3 Å². The van der Waals surface area contributed by atoms with Gasteiger partial charge in [-0.1, -0.05) is 0 Å². The van der Waals surface area contributed by atoms with Crippen LogP contribution < -0.4 is 15.2 Å². The third-order valence-corrected chi connectivity index (χ3v) is 4.47. The van der Waals surface area contributed by atoms with E-state index < -0.39 is 21.9 Å². The number of nitrogens with zero attached hydrogens (tertiary/aromatic N) is 1. The Morgan fingerprint density at radius 3 is 2.48 bits per heavy atom. The molecule has 0 atom stereocenters. The quantitative estimate of drug-likeness (QED) is 0.709. The smallest absolute Gasteiger partial charge is 0.339 e. The number of methoxy groups -OCH3 is 1. The van der Waals surface area contributed by atoms with Gasteiger partial charge in [0.2, 0.25) is 10.0 Å². The van der Waals surface area contributed by atoms with Gasteiger partial charge in [0.05, 0.1) is 35.6 Å². The van der Waals surface area contributed by atoms with E-state index in [2.05, 4.69) is 10.3 Å². The Morgan fingerprint density at radius 2 is 1.93 bits per heavy atom. The van der Waals surface area contributed by atoms with Crippen molar-refractivity contribution in [3.05, 3.63) is 47.3 Å². The third-order valence-electron chi connectivity index (χ3n) is 3.56. The Kier molecular flexibility index (Phi) is 6.13. The molecule has 0 spiro atoms. The van der Waals surface area contributed by atoms with Crippen LogP contribution in [0.3, 0.4) is 0 Å². The van der Waals surface area contributed by atoms with Crippen LogP contribution >= 0.6 is 0 Å². The average molecular weight is 393 g/mol. The summed E-state index contributed by atoms with van der Waals surface area (Å²) in [6.07, 6.45) is 0. The number of hydrogen-bond acceptors (Lipinski definition) is 7. The van der Waals surface area contributed by atoms with Gasteiger partial charge < -0.3 is 14.8 Å². The molecule has 144 valence electrons. The van der Waals surface area contributed by atoms with Crippen LogP contribution in [0.15, 0.2) is 35.2 Å². The molecule has 0 saturated carbocycles. The monoisotopic (exact) mass is 393 g/mol. The summed E-state index contributed by atoms with van der Waals surface area (Å²) in [5.41, 5.74) is 0.722. The van der Waals surface area contributed by atoms with Crippen molar-refractivity contribution in [2.24, 2.45) is 5.14 Å². The largest absolute Gasteiger partial charge is 0.495 e. The number of aryl methyl sites for hydroxylation is 1. The molecule has 1 amide bonds. The predicted molar refractivity (Wildman–Crippen MR) is 97.3 cm³/mol. The Labute approximate surface area is 156 Å². The van der Waals surface area contributed by atoms with Crippen LogP contribution in [0.2, 0.25) is 0 Å². The fraction of sp³-hybridized carbons (Fsp3) is 0.235. The van der Waals surface area contributed by atoms with Crippen LogP contribution in [-0.4, -0.2) is 39.0 Å². The van der Waals surface area contributed by atoms with Crippen LogP contribution in [0, 0.1) is 6.92 Å². The summed E-state index contributed by atoms with van der Waals surface area (Å²) in [5, 5.41) is 7.64. The molecule has 0 bridgehead atoms. The zero-order chi connectivity index (χ0) is 20.2. The van der Waals surface area contributed by atoms with E-state index in [1.54, 1.807) is 13.8 Å². The van der Waals surface area contributed by atoms with Gasteiger partial charge in [-0.3, -0.25) is 4.79 Å². The average Bonchev–Trinajstić information content (AvgIpc) is 2.60. The van der Waals surface area contributed by atoms with Gasteiger partial charge in [-0.15, -0.1) is 0 Å². The van der Waals surface area contributed by atoms with Gasteiger partial charge >= 0.3 is 5.97 Å². The van der Waals surface area contributed by atoms with Crippen molar-refractivity contribution in [2.75, 3.05) is 19.0 Å². The molecule has 0 aliphatic carbocycles. The molecule has 1 aromatic heterocycles. The molecule has 0 aliphatic rings. The number of nitrogens with one attached hydrogen (secondary N) is 1. The Hall–Kier alpha value is -2.98. The number of amides is 1. The molecule has 27 heavy (non-hydrogen) atoms. The van der Waals surface area contributed by atoms with Crippen LogP contribution in [0.4, 0.5) is 5.69 Å². The van der Waals surface area contributed by atoms with Gasteiger partial charge in [-0.05, 0) is 44.2 Å². The van der Waals surface area contributed by atoms with Gasteiger partial charge in [0.1, 0.15) is 11.4 Å². The Balaban J connectivity index is 2.32. The lowest BCUT2D eigenvalue weighted by Gasteiger charge is -2.12. The van der Waals surface area contributed by atoms with Crippen molar-refractivity contribution in [1.29, 1.82) is 0 Å². The minimum atomic E-state index is -3.95. The fourth-order valence-corrected chi connectivity index (χ4v) is 2.80. The number of pyridine rings is 1.